The third-order valence-corrected chi connectivity index (χ3v) is 4.41. The predicted molar refractivity (Wildman–Crippen MR) is 99.6 cm³/mol. The Morgan fingerprint density at radius 1 is 1.27 bits per heavy atom. The maximum Gasteiger partial charge on any atom is 0.349 e. The third-order valence-electron chi connectivity index (χ3n) is 4.41. The van der Waals surface area contributed by atoms with Gasteiger partial charge in [0.2, 0.25) is 5.78 Å². The van der Waals surface area contributed by atoms with Gasteiger partial charge in [-0.3, -0.25) is 14.2 Å². The highest BCUT2D eigenvalue weighted by Gasteiger charge is 2.17. The van der Waals surface area contributed by atoms with Crippen LogP contribution < -0.4 is 16.6 Å². The highest BCUT2D eigenvalue weighted by atomic mass is 16.2. The number of hydrogen-bond donors (Lipinski definition) is 2. The summed E-state index contributed by atoms with van der Waals surface area (Å²) >= 11 is 0. The Bertz CT molecular complexity index is 1090. The van der Waals surface area contributed by atoms with E-state index in [1.807, 2.05) is 27.7 Å². The first-order chi connectivity index (χ1) is 12.3. The topological polar surface area (TPSA) is 101 Å². The molecule has 0 aliphatic carbocycles. The van der Waals surface area contributed by atoms with Gasteiger partial charge in [-0.25, -0.2) is 14.3 Å². The lowest BCUT2D eigenvalue weighted by Gasteiger charge is -2.14. The van der Waals surface area contributed by atoms with E-state index in [1.54, 1.807) is 18.2 Å². The van der Waals surface area contributed by atoms with E-state index in [0.29, 0.717) is 23.0 Å². The van der Waals surface area contributed by atoms with Crippen molar-refractivity contribution in [2.24, 2.45) is 5.92 Å². The number of rotatable bonds is 5. The van der Waals surface area contributed by atoms with E-state index in [9.17, 15) is 14.4 Å². The molecule has 3 rings (SSSR count). The molecular formula is C18H23N5O3. The normalized spacial score (nSPS) is 12.8. The highest BCUT2D eigenvalue weighted by Crippen LogP contribution is 2.15. The summed E-state index contributed by atoms with van der Waals surface area (Å²) in [5.74, 6) is 0.222. The fourth-order valence-electron chi connectivity index (χ4n) is 2.90. The molecule has 2 heterocycles. The summed E-state index contributed by atoms with van der Waals surface area (Å²) in [5, 5.41) is 9.67. The lowest BCUT2D eigenvalue weighted by Crippen LogP contribution is -2.32. The minimum Gasteiger partial charge on any atom is -0.350 e. The summed E-state index contributed by atoms with van der Waals surface area (Å²) in [7, 11) is 0. The zero-order valence-corrected chi connectivity index (χ0v) is 15.4. The van der Waals surface area contributed by atoms with Crippen molar-refractivity contribution < 1.29 is 4.79 Å². The van der Waals surface area contributed by atoms with E-state index in [1.165, 1.54) is 8.97 Å². The van der Waals surface area contributed by atoms with Crippen LogP contribution in [0.4, 0.5) is 0 Å². The Labute approximate surface area is 149 Å². The Balaban J connectivity index is 2.26. The number of hydrogen-bond acceptors (Lipinski definition) is 4. The average molecular weight is 357 g/mol. The molecule has 0 saturated heterocycles. The van der Waals surface area contributed by atoms with E-state index < -0.39 is 5.69 Å². The zero-order valence-electron chi connectivity index (χ0n) is 15.4. The van der Waals surface area contributed by atoms with E-state index in [-0.39, 0.29) is 29.2 Å². The van der Waals surface area contributed by atoms with Crippen LogP contribution in [0.15, 0.2) is 27.8 Å². The number of nitrogens with one attached hydrogen (secondary N) is 2. The molecule has 0 fully saturated rings. The standard InChI is InChI=1S/C18H23N5O3/c1-5-11(4)19-15(24)12-6-7-13-14(8-12)23-17(20-21-18(23)26)22(16(13)25)9-10(2)3/h6-8,10-11H,5,9H2,1-4H3,(H,19,24)(H,21,26)/t11-/m0/s1. The molecule has 0 aliphatic rings. The highest BCUT2D eigenvalue weighted by molar-refractivity contribution is 5.98. The van der Waals surface area contributed by atoms with Crippen LogP contribution >= 0.6 is 0 Å². The molecule has 2 N–H and O–H groups in total. The van der Waals surface area contributed by atoms with E-state index in [0.717, 1.165) is 6.42 Å². The van der Waals surface area contributed by atoms with Gasteiger partial charge in [0, 0.05) is 18.2 Å². The van der Waals surface area contributed by atoms with Gasteiger partial charge >= 0.3 is 5.69 Å². The van der Waals surface area contributed by atoms with Crippen LogP contribution in [0.2, 0.25) is 0 Å². The lowest BCUT2D eigenvalue weighted by molar-refractivity contribution is 0.0939. The molecule has 3 aromatic rings. The van der Waals surface area contributed by atoms with E-state index in [4.69, 9.17) is 0 Å². The summed E-state index contributed by atoms with van der Waals surface area (Å²) in [6.07, 6.45) is 0.810. The Kier molecular flexibility index (Phi) is 4.67. The predicted octanol–water partition coefficient (Wildman–Crippen LogP) is 1.52. The third kappa shape index (κ3) is 3.02. The van der Waals surface area contributed by atoms with Gasteiger partial charge in [0.25, 0.3) is 11.5 Å². The number of amides is 1. The summed E-state index contributed by atoms with van der Waals surface area (Å²) in [6, 6.07) is 4.81. The molecule has 1 amide bonds. The molecule has 2 aromatic heterocycles. The maximum atomic E-state index is 12.9. The number of nitrogens with zero attached hydrogens (tertiary/aromatic N) is 3. The van der Waals surface area contributed by atoms with Crippen molar-refractivity contribution in [3.8, 4) is 0 Å². The van der Waals surface area contributed by atoms with Gasteiger partial charge in [0.1, 0.15) is 0 Å². The minimum atomic E-state index is -0.443. The number of benzene rings is 1. The molecule has 0 radical (unpaired) electrons. The van der Waals surface area contributed by atoms with Gasteiger partial charge in [0.05, 0.1) is 10.9 Å². The fourth-order valence-corrected chi connectivity index (χ4v) is 2.90. The molecule has 0 unspecified atom stereocenters. The first-order valence-electron chi connectivity index (χ1n) is 8.78. The zero-order chi connectivity index (χ0) is 19.0. The Morgan fingerprint density at radius 3 is 2.65 bits per heavy atom. The monoisotopic (exact) mass is 357 g/mol. The van der Waals surface area contributed by atoms with Crippen molar-refractivity contribution in [3.63, 3.8) is 0 Å². The summed E-state index contributed by atoms with van der Waals surface area (Å²) in [5.41, 5.74) is 0.102. The van der Waals surface area contributed by atoms with Crippen LogP contribution in [-0.4, -0.2) is 31.1 Å². The average Bonchev–Trinajstić information content (AvgIpc) is 2.99. The van der Waals surface area contributed by atoms with E-state index >= 15 is 0 Å². The van der Waals surface area contributed by atoms with Crippen LogP contribution in [0.5, 0.6) is 0 Å². The second kappa shape index (κ2) is 6.78. The number of carbonyl (C=O) groups is 1. The molecule has 0 bridgehead atoms. The van der Waals surface area contributed by atoms with Crippen LogP contribution in [0.3, 0.4) is 0 Å². The molecule has 0 aliphatic heterocycles. The van der Waals surface area contributed by atoms with Gasteiger partial charge in [-0.05, 0) is 37.5 Å². The van der Waals surface area contributed by atoms with Crippen molar-refractivity contribution in [1.29, 1.82) is 0 Å². The summed E-state index contributed by atoms with van der Waals surface area (Å²) < 4.78 is 2.84. The van der Waals surface area contributed by atoms with Gasteiger partial charge in [-0.1, -0.05) is 20.8 Å². The second-order valence-electron chi connectivity index (χ2n) is 6.99. The molecule has 8 heteroatoms. The molecule has 8 nitrogen and oxygen atoms in total. The smallest absolute Gasteiger partial charge is 0.349 e. The number of fused-ring (bicyclic) bond motifs is 3. The van der Waals surface area contributed by atoms with Crippen LogP contribution in [0, 0.1) is 5.92 Å². The number of carbonyl (C=O) groups excluding carboxylic acids is 1. The molecule has 1 atom stereocenters. The van der Waals surface area contributed by atoms with Crippen LogP contribution in [0.1, 0.15) is 44.5 Å². The quantitative estimate of drug-likeness (QED) is 0.723. The SMILES string of the molecule is CC[C@H](C)NC(=O)c1ccc2c(=O)n(CC(C)C)c3n[nH]c(=O)n3c2c1. The fraction of sp³-hybridized carbons (Fsp3) is 0.444. The molecule has 0 spiro atoms. The molecule has 26 heavy (non-hydrogen) atoms. The Hall–Kier alpha value is -2.90. The number of H-pyrrole nitrogens is 1. The second-order valence-corrected chi connectivity index (χ2v) is 6.99. The van der Waals surface area contributed by atoms with Crippen molar-refractivity contribution >= 4 is 22.6 Å². The van der Waals surface area contributed by atoms with Crippen molar-refractivity contribution in [2.45, 2.75) is 46.7 Å². The van der Waals surface area contributed by atoms with E-state index in [2.05, 4.69) is 15.5 Å². The van der Waals surface area contributed by atoms with Crippen molar-refractivity contribution in [1.82, 2.24) is 24.5 Å². The molecule has 138 valence electrons. The minimum absolute atomic E-state index is 0.0360. The lowest BCUT2D eigenvalue weighted by atomic mass is 10.1. The van der Waals surface area contributed by atoms with Crippen LogP contribution in [-0.2, 0) is 6.54 Å². The maximum absolute atomic E-state index is 12.9. The van der Waals surface area contributed by atoms with Crippen LogP contribution in [0.25, 0.3) is 16.7 Å². The number of aromatic nitrogens is 4. The molecule has 1 aromatic carbocycles. The Morgan fingerprint density at radius 2 is 2.00 bits per heavy atom. The first-order valence-corrected chi connectivity index (χ1v) is 8.78. The summed E-state index contributed by atoms with van der Waals surface area (Å²) in [6.45, 7) is 8.32. The van der Waals surface area contributed by atoms with Gasteiger partial charge < -0.3 is 5.32 Å². The molecular weight excluding hydrogens is 334 g/mol. The molecule has 0 saturated carbocycles. The number of aromatic amines is 1. The van der Waals surface area contributed by atoms with Gasteiger partial charge in [0.15, 0.2) is 0 Å². The van der Waals surface area contributed by atoms with Crippen molar-refractivity contribution in [2.75, 3.05) is 0 Å². The van der Waals surface area contributed by atoms with Gasteiger partial charge in [-0.15, -0.1) is 5.10 Å². The summed E-state index contributed by atoms with van der Waals surface area (Å²) in [4.78, 5) is 37.6. The van der Waals surface area contributed by atoms with Gasteiger partial charge in [-0.2, -0.15) is 0 Å². The largest absolute Gasteiger partial charge is 0.350 e. The first kappa shape index (κ1) is 17.9. The van der Waals surface area contributed by atoms with Crippen molar-refractivity contribution in [3.05, 3.63) is 44.6 Å².